The number of Topliss-reactive ketones (excluding diaryl/α,β-unsaturated/α-hetero) is 1. The number of methoxy groups -OCH3 is 1. The van der Waals surface area contributed by atoms with Crippen LogP contribution >= 0.6 is 0 Å². The van der Waals surface area contributed by atoms with Gasteiger partial charge in [0.25, 0.3) is 11.7 Å². The van der Waals surface area contributed by atoms with E-state index in [1.165, 1.54) is 0 Å². The largest absolute Gasteiger partial charge is 0.507 e. The van der Waals surface area contributed by atoms with Crippen LogP contribution in [0.25, 0.3) is 16.7 Å². The van der Waals surface area contributed by atoms with Crippen molar-refractivity contribution in [3.63, 3.8) is 0 Å². The molecule has 1 aromatic heterocycles. The zero-order valence-electron chi connectivity index (χ0n) is 19.9. The molecule has 2 heterocycles. The fourth-order valence-electron chi connectivity index (χ4n) is 5.76. The number of aliphatic hydroxyl groups is 1. The number of para-hydroxylation sites is 1. The van der Waals surface area contributed by atoms with Crippen molar-refractivity contribution in [3.05, 3.63) is 70.4 Å². The molecule has 1 saturated carbocycles. The van der Waals surface area contributed by atoms with Crippen LogP contribution in [0.4, 0.5) is 0 Å². The van der Waals surface area contributed by atoms with Crippen molar-refractivity contribution in [2.45, 2.75) is 58.0 Å². The predicted octanol–water partition coefficient (Wildman–Crippen LogP) is 5.55. The molecule has 6 heteroatoms. The maximum Gasteiger partial charge on any atom is 0.295 e. The number of carbonyl (C=O) groups is 2. The van der Waals surface area contributed by atoms with Gasteiger partial charge in [0.1, 0.15) is 11.5 Å². The summed E-state index contributed by atoms with van der Waals surface area (Å²) in [5.74, 6) is -0.855. The van der Waals surface area contributed by atoms with Crippen LogP contribution in [0.3, 0.4) is 0 Å². The number of hydrogen-bond donors (Lipinski definition) is 2. The Bertz CT molecular complexity index is 1310. The maximum atomic E-state index is 13.5. The first-order chi connectivity index (χ1) is 16.4. The van der Waals surface area contributed by atoms with Crippen molar-refractivity contribution in [2.75, 3.05) is 7.11 Å². The number of aryl methyl sites for hydroxylation is 2. The Hall–Kier alpha value is -3.54. The number of amides is 1. The molecule has 1 amide bonds. The molecule has 0 radical (unpaired) electrons. The SMILES string of the molecule is COc1c(C)cc(C)cc1/C(O)=C1\C(=O)C(=O)N(C2CCCCC2)C1c1c[nH]c2ccccc12. The number of fused-ring (bicyclic) bond motifs is 1. The Balaban J connectivity index is 1.77. The van der Waals surface area contributed by atoms with Crippen molar-refractivity contribution >= 4 is 28.4 Å². The molecule has 1 aliphatic carbocycles. The highest BCUT2D eigenvalue weighted by atomic mass is 16.5. The molecule has 5 rings (SSSR count). The minimum atomic E-state index is -0.662. The van der Waals surface area contributed by atoms with Crippen LogP contribution in [0.5, 0.6) is 5.75 Å². The van der Waals surface area contributed by atoms with Gasteiger partial charge in [0.15, 0.2) is 0 Å². The van der Waals surface area contributed by atoms with Crippen LogP contribution in [-0.4, -0.2) is 39.8 Å². The molecule has 1 saturated heterocycles. The second kappa shape index (κ2) is 8.67. The van der Waals surface area contributed by atoms with E-state index in [4.69, 9.17) is 4.74 Å². The molecule has 0 bridgehead atoms. The Kier molecular flexibility index (Phi) is 5.68. The first kappa shape index (κ1) is 22.3. The lowest BCUT2D eigenvalue weighted by Crippen LogP contribution is -2.40. The maximum absolute atomic E-state index is 13.5. The number of aromatic nitrogens is 1. The van der Waals surface area contributed by atoms with E-state index in [9.17, 15) is 14.7 Å². The van der Waals surface area contributed by atoms with Crippen molar-refractivity contribution in [1.82, 2.24) is 9.88 Å². The third-order valence-electron chi connectivity index (χ3n) is 7.24. The van der Waals surface area contributed by atoms with Gasteiger partial charge in [0.2, 0.25) is 0 Å². The summed E-state index contributed by atoms with van der Waals surface area (Å²) in [7, 11) is 1.55. The van der Waals surface area contributed by atoms with E-state index in [0.717, 1.165) is 59.7 Å². The number of carbonyl (C=O) groups excluding carboxylic acids is 2. The monoisotopic (exact) mass is 458 g/mol. The van der Waals surface area contributed by atoms with E-state index in [1.54, 1.807) is 12.0 Å². The Morgan fingerprint density at radius 3 is 2.56 bits per heavy atom. The lowest BCUT2D eigenvalue weighted by Gasteiger charge is -2.35. The third-order valence-corrected chi connectivity index (χ3v) is 7.24. The molecule has 2 fully saturated rings. The van der Waals surface area contributed by atoms with Crippen LogP contribution in [0.15, 0.2) is 48.2 Å². The average Bonchev–Trinajstić information content (AvgIpc) is 3.37. The van der Waals surface area contributed by atoms with Gasteiger partial charge < -0.3 is 19.7 Å². The number of ketones is 1. The molecule has 2 aromatic carbocycles. The second-order valence-electron chi connectivity index (χ2n) is 9.45. The summed E-state index contributed by atoms with van der Waals surface area (Å²) in [4.78, 5) is 32.0. The number of H-pyrrole nitrogens is 1. The van der Waals surface area contributed by atoms with Gasteiger partial charge >= 0.3 is 0 Å². The van der Waals surface area contributed by atoms with E-state index in [0.29, 0.717) is 11.3 Å². The number of hydrogen-bond acceptors (Lipinski definition) is 4. The fourth-order valence-corrected chi connectivity index (χ4v) is 5.76. The number of aliphatic hydroxyl groups excluding tert-OH is 1. The molecule has 1 unspecified atom stereocenters. The van der Waals surface area contributed by atoms with Gasteiger partial charge in [0, 0.05) is 28.7 Å². The highest BCUT2D eigenvalue weighted by Crippen LogP contribution is 2.46. The number of likely N-dealkylation sites (tertiary alicyclic amines) is 1. The van der Waals surface area contributed by atoms with Crippen molar-refractivity contribution < 1.29 is 19.4 Å². The zero-order valence-corrected chi connectivity index (χ0v) is 19.9. The number of nitrogens with one attached hydrogen (secondary N) is 1. The molecule has 1 aliphatic heterocycles. The zero-order chi connectivity index (χ0) is 24.0. The Morgan fingerprint density at radius 1 is 1.09 bits per heavy atom. The summed E-state index contributed by atoms with van der Waals surface area (Å²) in [6.07, 6.45) is 6.77. The molecular formula is C28H30N2O4. The van der Waals surface area contributed by atoms with Gasteiger partial charge in [-0.25, -0.2) is 0 Å². The highest BCUT2D eigenvalue weighted by molar-refractivity contribution is 6.47. The molecule has 0 spiro atoms. The topological polar surface area (TPSA) is 82.6 Å². The second-order valence-corrected chi connectivity index (χ2v) is 9.45. The van der Waals surface area contributed by atoms with Crippen LogP contribution in [0.1, 0.15) is 60.4 Å². The van der Waals surface area contributed by atoms with E-state index < -0.39 is 17.7 Å². The molecule has 2 aliphatic rings. The number of aromatic amines is 1. The summed E-state index contributed by atoms with van der Waals surface area (Å²) < 4.78 is 5.60. The van der Waals surface area contributed by atoms with Crippen molar-refractivity contribution in [3.8, 4) is 5.75 Å². The standard InChI is InChI=1S/C28H30N2O4/c1-16-13-17(2)27(34-3)20(14-16)25(31)23-24(21-15-29-22-12-8-7-11-19(21)22)30(28(33)26(23)32)18-9-5-4-6-10-18/h7-8,11-15,18,24,29,31H,4-6,9-10H2,1-3H3/b25-23+. The van der Waals surface area contributed by atoms with Crippen LogP contribution < -0.4 is 4.74 Å². The Morgan fingerprint density at radius 2 is 1.82 bits per heavy atom. The minimum absolute atomic E-state index is 0.0321. The number of nitrogens with zero attached hydrogens (tertiary/aromatic N) is 1. The minimum Gasteiger partial charge on any atom is -0.507 e. The van der Waals surface area contributed by atoms with E-state index in [-0.39, 0.29) is 17.4 Å². The number of rotatable bonds is 4. The van der Waals surface area contributed by atoms with Gasteiger partial charge in [0.05, 0.1) is 24.3 Å². The van der Waals surface area contributed by atoms with Gasteiger partial charge in [-0.2, -0.15) is 0 Å². The van der Waals surface area contributed by atoms with E-state index >= 15 is 0 Å². The Labute approximate surface area is 199 Å². The lowest BCUT2D eigenvalue weighted by molar-refractivity contribution is -0.141. The molecule has 2 N–H and O–H groups in total. The molecular weight excluding hydrogens is 428 g/mol. The summed E-state index contributed by atoms with van der Waals surface area (Å²) >= 11 is 0. The van der Waals surface area contributed by atoms with Gasteiger partial charge in [-0.3, -0.25) is 9.59 Å². The fraction of sp³-hybridized carbons (Fsp3) is 0.357. The summed E-state index contributed by atoms with van der Waals surface area (Å²) in [5, 5.41) is 12.6. The molecule has 3 aromatic rings. The third kappa shape index (κ3) is 3.49. The summed E-state index contributed by atoms with van der Waals surface area (Å²) in [5.41, 5.74) is 4.11. The van der Waals surface area contributed by atoms with Gasteiger partial charge in [-0.15, -0.1) is 0 Å². The average molecular weight is 459 g/mol. The number of benzene rings is 2. The molecule has 6 nitrogen and oxygen atoms in total. The molecule has 34 heavy (non-hydrogen) atoms. The van der Waals surface area contributed by atoms with Crippen molar-refractivity contribution in [1.29, 1.82) is 0 Å². The number of ether oxygens (including phenoxy) is 1. The highest BCUT2D eigenvalue weighted by Gasteiger charge is 2.49. The summed E-state index contributed by atoms with van der Waals surface area (Å²) in [6, 6.07) is 10.9. The first-order valence-corrected chi connectivity index (χ1v) is 11.9. The summed E-state index contributed by atoms with van der Waals surface area (Å²) in [6.45, 7) is 3.83. The van der Waals surface area contributed by atoms with Crippen LogP contribution in [0.2, 0.25) is 0 Å². The smallest absolute Gasteiger partial charge is 0.295 e. The first-order valence-electron chi connectivity index (χ1n) is 11.9. The van der Waals surface area contributed by atoms with E-state index in [2.05, 4.69) is 4.98 Å². The quantitative estimate of drug-likeness (QED) is 0.305. The van der Waals surface area contributed by atoms with Gasteiger partial charge in [-0.05, 0) is 49.9 Å². The normalized spacial score (nSPS) is 20.9. The molecule has 176 valence electrons. The van der Waals surface area contributed by atoms with E-state index in [1.807, 2.05) is 56.4 Å². The van der Waals surface area contributed by atoms with Crippen LogP contribution in [-0.2, 0) is 9.59 Å². The van der Waals surface area contributed by atoms with Crippen molar-refractivity contribution in [2.24, 2.45) is 0 Å². The molecule has 1 atom stereocenters. The van der Waals surface area contributed by atoms with Gasteiger partial charge in [-0.1, -0.05) is 43.5 Å². The predicted molar refractivity (Wildman–Crippen MR) is 132 cm³/mol. The van der Waals surface area contributed by atoms with Crippen LogP contribution in [0, 0.1) is 13.8 Å². The lowest BCUT2D eigenvalue weighted by atomic mass is 9.90.